The quantitative estimate of drug-likeness (QED) is 0.759. The Kier molecular flexibility index (Phi) is 4.11. The van der Waals surface area contributed by atoms with Gasteiger partial charge in [0.05, 0.1) is 18.9 Å². The molecule has 1 aromatic heterocycles. The van der Waals surface area contributed by atoms with Crippen LogP contribution in [0, 0.1) is 0 Å². The number of aromatic nitrogens is 1. The van der Waals surface area contributed by atoms with Gasteiger partial charge in [-0.15, -0.1) is 0 Å². The maximum atomic E-state index is 12.5. The highest BCUT2D eigenvalue weighted by Gasteiger charge is 2.26. The molecule has 0 radical (unpaired) electrons. The molecule has 7 heteroatoms. The number of hydrogen-bond donors (Lipinski definition) is 0. The van der Waals surface area contributed by atoms with Gasteiger partial charge in [0.15, 0.2) is 0 Å². The molecule has 18 heavy (non-hydrogen) atoms. The van der Waals surface area contributed by atoms with Gasteiger partial charge in [-0.25, -0.2) is 0 Å². The molecule has 0 aliphatic carbocycles. The molecule has 1 aromatic rings. The zero-order valence-corrected chi connectivity index (χ0v) is 9.82. The monoisotopic (exact) mass is 260 g/mol. The van der Waals surface area contributed by atoms with Crippen molar-refractivity contribution in [3.05, 3.63) is 18.5 Å². The second kappa shape index (κ2) is 5.60. The number of nitrogens with zero attached hydrogens (tertiary/aromatic N) is 1. The molecular formula is C11H14BF3NO2-. The number of rotatable bonds is 5. The lowest BCUT2D eigenvalue weighted by atomic mass is 9.81. The van der Waals surface area contributed by atoms with Gasteiger partial charge >= 0.3 is 6.98 Å². The van der Waals surface area contributed by atoms with Crippen molar-refractivity contribution in [3.63, 3.8) is 0 Å². The van der Waals surface area contributed by atoms with Crippen molar-refractivity contribution in [1.82, 2.24) is 4.98 Å². The van der Waals surface area contributed by atoms with Gasteiger partial charge in [-0.3, -0.25) is 4.98 Å². The van der Waals surface area contributed by atoms with Gasteiger partial charge in [-0.1, -0.05) is 5.46 Å². The molecule has 3 nitrogen and oxygen atoms in total. The van der Waals surface area contributed by atoms with Crippen LogP contribution in [0.4, 0.5) is 12.9 Å². The Morgan fingerprint density at radius 1 is 1.39 bits per heavy atom. The molecule has 0 spiro atoms. The Labute approximate surface area is 103 Å². The summed E-state index contributed by atoms with van der Waals surface area (Å²) < 4.78 is 48.1. The molecule has 2 rings (SSSR count). The predicted molar refractivity (Wildman–Crippen MR) is 62.0 cm³/mol. The van der Waals surface area contributed by atoms with E-state index in [9.17, 15) is 12.9 Å². The van der Waals surface area contributed by atoms with Gasteiger partial charge in [0.2, 0.25) is 0 Å². The van der Waals surface area contributed by atoms with E-state index < -0.39 is 12.4 Å². The maximum Gasteiger partial charge on any atom is 0.511 e. The van der Waals surface area contributed by atoms with Crippen LogP contribution in [0.5, 0.6) is 5.75 Å². The molecule has 2 heterocycles. The highest BCUT2D eigenvalue weighted by molar-refractivity contribution is 6.73. The van der Waals surface area contributed by atoms with Crippen molar-refractivity contribution < 1.29 is 22.4 Å². The summed E-state index contributed by atoms with van der Waals surface area (Å²) in [6.45, 7) is -3.91. The van der Waals surface area contributed by atoms with E-state index in [1.807, 2.05) is 0 Å². The molecule has 1 unspecified atom stereocenters. The number of halogens is 3. The Bertz CT molecular complexity index is 394. The van der Waals surface area contributed by atoms with Gasteiger partial charge in [0.1, 0.15) is 5.75 Å². The van der Waals surface area contributed by atoms with E-state index in [-0.39, 0.29) is 11.9 Å². The second-order valence-electron chi connectivity index (χ2n) is 4.30. The molecule has 1 atom stereocenters. The summed E-state index contributed by atoms with van der Waals surface area (Å²) >= 11 is 0. The van der Waals surface area contributed by atoms with E-state index in [1.54, 1.807) is 0 Å². The van der Waals surface area contributed by atoms with E-state index in [0.29, 0.717) is 13.0 Å². The minimum Gasteiger partial charge on any atom is -0.492 e. The Morgan fingerprint density at radius 2 is 2.22 bits per heavy atom. The third-order valence-corrected chi connectivity index (χ3v) is 2.84. The topological polar surface area (TPSA) is 31.4 Å². The van der Waals surface area contributed by atoms with Crippen LogP contribution in [0.25, 0.3) is 0 Å². The van der Waals surface area contributed by atoms with Crippen molar-refractivity contribution in [2.75, 3.05) is 13.2 Å². The average molecular weight is 260 g/mol. The largest absolute Gasteiger partial charge is 0.511 e. The fourth-order valence-electron chi connectivity index (χ4n) is 1.87. The average Bonchev–Trinajstić information content (AvgIpc) is 2.81. The van der Waals surface area contributed by atoms with Crippen LogP contribution in [0.2, 0.25) is 0 Å². The van der Waals surface area contributed by atoms with E-state index in [0.717, 1.165) is 31.7 Å². The highest BCUT2D eigenvalue weighted by Crippen LogP contribution is 2.17. The first-order chi connectivity index (χ1) is 8.55. The number of pyridine rings is 1. The van der Waals surface area contributed by atoms with E-state index in [2.05, 4.69) is 4.98 Å². The van der Waals surface area contributed by atoms with Crippen LogP contribution in [-0.4, -0.2) is 31.3 Å². The Hall–Kier alpha value is -1.24. The molecule has 1 aliphatic rings. The second-order valence-corrected chi connectivity index (χ2v) is 4.30. The zero-order chi connectivity index (χ0) is 13.0. The lowest BCUT2D eigenvalue weighted by Crippen LogP contribution is -2.34. The van der Waals surface area contributed by atoms with Gasteiger partial charge in [-0.2, -0.15) is 0 Å². The Balaban J connectivity index is 1.85. The highest BCUT2D eigenvalue weighted by atomic mass is 19.4. The third kappa shape index (κ3) is 3.63. The first-order valence-electron chi connectivity index (χ1n) is 5.95. The summed E-state index contributed by atoms with van der Waals surface area (Å²) in [6, 6.07) is 0.989. The minimum atomic E-state index is -5.02. The third-order valence-electron chi connectivity index (χ3n) is 2.84. The molecule has 0 N–H and O–H groups in total. The van der Waals surface area contributed by atoms with Crippen molar-refractivity contribution in [2.24, 2.45) is 0 Å². The van der Waals surface area contributed by atoms with Gasteiger partial charge in [0, 0.05) is 19.2 Å². The van der Waals surface area contributed by atoms with Gasteiger partial charge in [-0.05, 0) is 18.9 Å². The molecule has 0 aromatic carbocycles. The van der Waals surface area contributed by atoms with E-state index in [4.69, 9.17) is 9.47 Å². The Morgan fingerprint density at radius 3 is 2.89 bits per heavy atom. The van der Waals surface area contributed by atoms with Crippen molar-refractivity contribution in [1.29, 1.82) is 0 Å². The van der Waals surface area contributed by atoms with Crippen LogP contribution in [-0.2, 0) is 4.74 Å². The van der Waals surface area contributed by atoms with Crippen LogP contribution in [0.1, 0.15) is 19.3 Å². The summed E-state index contributed by atoms with van der Waals surface area (Å²) in [5.41, 5.74) is -0.732. The standard InChI is InChI=1S/C11H14BF3NO2/c13-12(14,15)9-6-11(8-16-7-9)18-5-3-10-2-1-4-17-10/h6-8,10H,1-5H2/q-1. The molecular weight excluding hydrogens is 246 g/mol. The van der Waals surface area contributed by atoms with Crippen LogP contribution in [0.3, 0.4) is 0 Å². The molecule has 0 amide bonds. The summed E-state index contributed by atoms with van der Waals surface area (Å²) in [5, 5.41) is 0. The molecule has 0 saturated carbocycles. The molecule has 100 valence electrons. The fraction of sp³-hybridized carbons (Fsp3) is 0.545. The lowest BCUT2D eigenvalue weighted by molar-refractivity contribution is 0.0903. The van der Waals surface area contributed by atoms with E-state index >= 15 is 0 Å². The minimum absolute atomic E-state index is 0.157. The van der Waals surface area contributed by atoms with Crippen molar-refractivity contribution in [3.8, 4) is 5.75 Å². The smallest absolute Gasteiger partial charge is 0.492 e. The summed E-state index contributed by atoms with van der Waals surface area (Å²) in [6.07, 6.45) is 5.01. The normalized spacial score (nSPS) is 20.1. The van der Waals surface area contributed by atoms with Crippen molar-refractivity contribution in [2.45, 2.75) is 25.4 Å². The molecule has 1 saturated heterocycles. The molecule has 1 fully saturated rings. The fourth-order valence-corrected chi connectivity index (χ4v) is 1.87. The predicted octanol–water partition coefficient (Wildman–Crippen LogP) is 2.08. The summed E-state index contributed by atoms with van der Waals surface area (Å²) in [7, 11) is 0. The maximum absolute atomic E-state index is 12.5. The lowest BCUT2D eigenvalue weighted by Gasteiger charge is -2.16. The zero-order valence-electron chi connectivity index (χ0n) is 9.82. The molecule has 0 bridgehead atoms. The van der Waals surface area contributed by atoms with E-state index in [1.165, 1.54) is 6.20 Å². The molecule has 1 aliphatic heterocycles. The van der Waals surface area contributed by atoms with Crippen LogP contribution >= 0.6 is 0 Å². The number of hydrogen-bond acceptors (Lipinski definition) is 3. The number of ether oxygens (including phenoxy) is 2. The first-order valence-corrected chi connectivity index (χ1v) is 5.95. The summed E-state index contributed by atoms with van der Waals surface area (Å²) in [4.78, 5) is 3.54. The van der Waals surface area contributed by atoms with Crippen LogP contribution in [0.15, 0.2) is 18.5 Å². The van der Waals surface area contributed by atoms with Gasteiger partial charge < -0.3 is 22.4 Å². The van der Waals surface area contributed by atoms with Gasteiger partial charge in [0.25, 0.3) is 0 Å². The first kappa shape index (κ1) is 13.2. The van der Waals surface area contributed by atoms with Crippen LogP contribution < -0.4 is 10.2 Å². The SMILES string of the molecule is F[B-](F)(F)c1cncc(OCCC2CCCO2)c1. The van der Waals surface area contributed by atoms with Crippen molar-refractivity contribution >= 4 is 12.4 Å². The summed E-state index contributed by atoms with van der Waals surface area (Å²) in [5.74, 6) is 0.157.